The minimum absolute atomic E-state index is 0.0341. The Kier molecular flexibility index (Phi) is 4.03. The third-order valence-corrected chi connectivity index (χ3v) is 4.19. The van der Waals surface area contributed by atoms with Crippen molar-refractivity contribution in [2.45, 2.75) is 32.6 Å². The van der Waals surface area contributed by atoms with E-state index in [1.54, 1.807) is 4.57 Å². The second-order valence-electron chi connectivity index (χ2n) is 5.27. The Morgan fingerprint density at radius 1 is 1.33 bits per heavy atom. The lowest BCUT2D eigenvalue weighted by Gasteiger charge is -2.16. The van der Waals surface area contributed by atoms with E-state index in [9.17, 15) is 4.79 Å². The summed E-state index contributed by atoms with van der Waals surface area (Å²) in [7, 11) is 2.64. The number of aromatic nitrogens is 2. The highest BCUT2D eigenvalue weighted by Crippen LogP contribution is 2.18. The maximum absolute atomic E-state index is 13.0. The number of fused-ring (bicyclic) bond motifs is 1. The smallest absolute Gasteiger partial charge is 0.266 e. The molecule has 0 radical (unpaired) electrons. The van der Waals surface area contributed by atoms with Crippen molar-refractivity contribution in [2.24, 2.45) is 0 Å². The molecule has 0 saturated heterocycles. The molecule has 0 saturated carbocycles. The first-order chi connectivity index (χ1) is 10.2. The van der Waals surface area contributed by atoms with Gasteiger partial charge in [0.1, 0.15) is 5.82 Å². The van der Waals surface area contributed by atoms with Gasteiger partial charge < -0.3 is 0 Å². The van der Waals surface area contributed by atoms with Crippen molar-refractivity contribution >= 4 is 31.1 Å². The summed E-state index contributed by atoms with van der Waals surface area (Å²) in [6.07, 6.45) is 10.1. The van der Waals surface area contributed by atoms with E-state index in [4.69, 9.17) is 4.98 Å². The molecular formula is C17H19N2OP. The number of hydrogen-bond donors (Lipinski definition) is 0. The van der Waals surface area contributed by atoms with Crippen LogP contribution >= 0.6 is 9.24 Å². The van der Waals surface area contributed by atoms with Gasteiger partial charge >= 0.3 is 0 Å². The first-order valence-electron chi connectivity index (χ1n) is 7.39. The van der Waals surface area contributed by atoms with Gasteiger partial charge in [0.25, 0.3) is 5.56 Å². The zero-order valence-corrected chi connectivity index (χ0v) is 13.3. The lowest BCUT2D eigenvalue weighted by Crippen LogP contribution is -2.27. The van der Waals surface area contributed by atoms with E-state index in [0.717, 1.165) is 48.0 Å². The first kappa shape index (κ1) is 14.2. The summed E-state index contributed by atoms with van der Waals surface area (Å²) < 4.78 is 1.79. The van der Waals surface area contributed by atoms with Crippen LogP contribution in [-0.2, 0) is 6.42 Å². The van der Waals surface area contributed by atoms with Crippen molar-refractivity contribution in [1.82, 2.24) is 9.55 Å². The zero-order chi connectivity index (χ0) is 14.8. The molecule has 0 spiro atoms. The van der Waals surface area contributed by atoms with Crippen molar-refractivity contribution in [1.29, 1.82) is 0 Å². The second-order valence-corrected chi connectivity index (χ2v) is 5.89. The molecule has 108 valence electrons. The number of nitrogens with zero attached hydrogens (tertiary/aromatic N) is 2. The van der Waals surface area contributed by atoms with Crippen LogP contribution in [-0.4, -0.2) is 9.55 Å². The molecule has 2 aromatic rings. The van der Waals surface area contributed by atoms with E-state index in [2.05, 4.69) is 28.3 Å². The summed E-state index contributed by atoms with van der Waals surface area (Å²) in [6, 6.07) is 5.79. The molecule has 4 heteroatoms. The Bertz CT molecular complexity index is 802. The minimum atomic E-state index is 0.0341. The van der Waals surface area contributed by atoms with Crippen molar-refractivity contribution in [2.75, 3.05) is 0 Å². The zero-order valence-electron chi connectivity index (χ0n) is 12.2. The van der Waals surface area contributed by atoms with Crippen molar-refractivity contribution in [3.8, 4) is 0 Å². The van der Waals surface area contributed by atoms with Crippen LogP contribution < -0.4 is 10.9 Å². The first-order valence-corrected chi connectivity index (χ1v) is 7.97. The maximum atomic E-state index is 13.0. The Balaban J connectivity index is 2.35. The molecule has 21 heavy (non-hydrogen) atoms. The number of hydrogen-bond acceptors (Lipinski definition) is 2. The number of aryl methyl sites for hydroxylation is 1. The van der Waals surface area contributed by atoms with Crippen LogP contribution in [0.2, 0.25) is 0 Å². The normalized spacial score (nSPS) is 14.5. The molecule has 0 N–H and O–H groups in total. The number of benzene rings is 1. The number of rotatable bonds is 3. The van der Waals surface area contributed by atoms with Crippen LogP contribution in [0.4, 0.5) is 0 Å². The predicted molar refractivity (Wildman–Crippen MR) is 92.0 cm³/mol. The monoisotopic (exact) mass is 298 g/mol. The van der Waals surface area contributed by atoms with E-state index >= 15 is 0 Å². The van der Waals surface area contributed by atoms with Gasteiger partial charge in [0.15, 0.2) is 0 Å². The molecule has 3 rings (SSSR count). The van der Waals surface area contributed by atoms with E-state index in [1.165, 1.54) is 0 Å². The molecule has 1 aromatic carbocycles. The van der Waals surface area contributed by atoms with Gasteiger partial charge in [-0.25, -0.2) is 4.98 Å². The molecule has 1 aliphatic carbocycles. The van der Waals surface area contributed by atoms with Gasteiger partial charge in [-0.1, -0.05) is 31.2 Å². The van der Waals surface area contributed by atoms with Crippen LogP contribution in [0.5, 0.6) is 0 Å². The van der Waals surface area contributed by atoms with Gasteiger partial charge in [0.2, 0.25) is 0 Å². The van der Waals surface area contributed by atoms with Gasteiger partial charge in [-0.2, -0.15) is 0 Å². The Morgan fingerprint density at radius 3 is 2.90 bits per heavy atom. The predicted octanol–water partition coefficient (Wildman–Crippen LogP) is 3.04. The summed E-state index contributed by atoms with van der Waals surface area (Å²) in [6.45, 7) is 2.11. The van der Waals surface area contributed by atoms with Crippen LogP contribution in [0.15, 0.2) is 41.2 Å². The molecule has 1 heterocycles. The molecule has 0 fully saturated rings. The molecule has 0 amide bonds. The lowest BCUT2D eigenvalue weighted by molar-refractivity contribution is 0.782. The number of allylic oxidation sites excluding steroid dienone is 4. The average molecular weight is 298 g/mol. The standard InChI is InChI=1S/C17H19N2OP/c1-2-7-15-18-13-10-6-11-14(21)16(13)17(20)19(15)12-8-4-3-5-9-12/h4,6,8-11H,2-3,5,7,21H2,1H3. The van der Waals surface area contributed by atoms with Gasteiger partial charge in [-0.05, 0) is 36.7 Å². The van der Waals surface area contributed by atoms with Gasteiger partial charge in [0.05, 0.1) is 10.9 Å². The Morgan fingerprint density at radius 2 is 2.19 bits per heavy atom. The molecule has 1 atom stereocenters. The Hall–Kier alpha value is -1.73. The van der Waals surface area contributed by atoms with Crippen LogP contribution in [0.1, 0.15) is 32.0 Å². The van der Waals surface area contributed by atoms with Gasteiger partial charge in [0, 0.05) is 12.1 Å². The summed E-state index contributed by atoms with van der Waals surface area (Å²) in [5.74, 6) is 0.850. The van der Waals surface area contributed by atoms with Crippen molar-refractivity contribution in [3.63, 3.8) is 0 Å². The van der Waals surface area contributed by atoms with Crippen LogP contribution in [0.25, 0.3) is 16.6 Å². The highest BCUT2D eigenvalue weighted by atomic mass is 31.0. The molecule has 1 unspecified atom stereocenters. The third kappa shape index (κ3) is 2.58. The molecule has 1 aromatic heterocycles. The van der Waals surface area contributed by atoms with Crippen molar-refractivity contribution < 1.29 is 0 Å². The largest absolute Gasteiger partial charge is 0.268 e. The fourth-order valence-electron chi connectivity index (χ4n) is 2.72. The molecule has 3 nitrogen and oxygen atoms in total. The van der Waals surface area contributed by atoms with Crippen molar-refractivity contribution in [3.05, 3.63) is 52.6 Å². The fourth-order valence-corrected chi connectivity index (χ4v) is 3.11. The summed E-state index contributed by atoms with van der Waals surface area (Å²) >= 11 is 0. The van der Waals surface area contributed by atoms with Gasteiger partial charge in [-0.3, -0.25) is 9.36 Å². The molecular weight excluding hydrogens is 279 g/mol. The van der Waals surface area contributed by atoms with E-state index < -0.39 is 0 Å². The second kappa shape index (κ2) is 5.95. The summed E-state index contributed by atoms with van der Waals surface area (Å²) in [5.41, 5.74) is 1.77. The third-order valence-electron chi connectivity index (χ3n) is 3.71. The van der Waals surface area contributed by atoms with E-state index in [-0.39, 0.29) is 5.56 Å². The average Bonchev–Trinajstić information content (AvgIpc) is 2.48. The van der Waals surface area contributed by atoms with Crippen LogP contribution in [0.3, 0.4) is 0 Å². The van der Waals surface area contributed by atoms with Gasteiger partial charge in [-0.15, -0.1) is 9.24 Å². The lowest BCUT2D eigenvalue weighted by atomic mass is 10.1. The quantitative estimate of drug-likeness (QED) is 0.816. The van der Waals surface area contributed by atoms with E-state index in [0.29, 0.717) is 5.39 Å². The minimum Gasteiger partial charge on any atom is -0.268 e. The molecule has 1 aliphatic rings. The van der Waals surface area contributed by atoms with E-state index in [1.807, 2.05) is 24.3 Å². The van der Waals surface area contributed by atoms with Crippen LogP contribution in [0, 0.1) is 0 Å². The molecule has 0 bridgehead atoms. The molecule has 0 aliphatic heterocycles. The Labute approximate surface area is 126 Å². The SMILES string of the molecule is CCCc1nc2cccc(P)c2c(=O)n1C1=CCCC=C1. The topological polar surface area (TPSA) is 34.9 Å². The highest BCUT2D eigenvalue weighted by molar-refractivity contribution is 7.28. The maximum Gasteiger partial charge on any atom is 0.266 e. The fraction of sp³-hybridized carbons (Fsp3) is 0.294. The summed E-state index contributed by atoms with van der Waals surface area (Å²) in [4.78, 5) is 17.7. The summed E-state index contributed by atoms with van der Waals surface area (Å²) in [5, 5.41) is 1.60. The highest BCUT2D eigenvalue weighted by Gasteiger charge is 2.14.